The van der Waals surface area contributed by atoms with Gasteiger partial charge in [-0.25, -0.2) is 0 Å². The number of hydrogen-bond acceptors (Lipinski definition) is 0. The summed E-state index contributed by atoms with van der Waals surface area (Å²) in [5, 5.41) is 0. The quantitative estimate of drug-likeness (QED) is 0.546. The second-order valence-corrected chi connectivity index (χ2v) is 4.17. The molecule has 0 aromatic heterocycles. The van der Waals surface area contributed by atoms with Gasteiger partial charge in [0.25, 0.3) is 0 Å². The Labute approximate surface area is 90.7 Å². The van der Waals surface area contributed by atoms with Crippen LogP contribution >= 0.6 is 0 Å². The van der Waals surface area contributed by atoms with Crippen LogP contribution in [0.25, 0.3) is 0 Å². The second-order valence-electron chi connectivity index (χ2n) is 4.17. The molecule has 3 rings (SSSR count). The lowest BCUT2D eigenvalue weighted by Gasteiger charge is -2.01. The summed E-state index contributed by atoms with van der Waals surface area (Å²) in [5.41, 5.74) is 6.21. The van der Waals surface area contributed by atoms with Crippen LogP contribution < -0.4 is 0 Å². The predicted octanol–water partition coefficient (Wildman–Crippen LogP) is 4.02. The topological polar surface area (TPSA) is 0 Å². The Morgan fingerprint density at radius 2 is 1.20 bits per heavy atom. The van der Waals surface area contributed by atoms with Gasteiger partial charge in [0.15, 0.2) is 0 Å². The van der Waals surface area contributed by atoms with Gasteiger partial charge in [0.05, 0.1) is 0 Å². The largest absolute Gasteiger partial charge is 0.0801 e. The Morgan fingerprint density at radius 1 is 0.667 bits per heavy atom. The molecule has 0 aromatic carbocycles. The zero-order valence-electron chi connectivity index (χ0n) is 8.74. The zero-order valence-corrected chi connectivity index (χ0v) is 8.74. The van der Waals surface area contributed by atoms with E-state index in [1.165, 1.54) is 17.6 Å². The van der Waals surface area contributed by atoms with Gasteiger partial charge in [-0.2, -0.15) is 0 Å². The summed E-state index contributed by atoms with van der Waals surface area (Å²) in [5.74, 6) is 0. The van der Waals surface area contributed by atoms with E-state index in [-0.39, 0.29) is 0 Å². The molecule has 0 saturated heterocycles. The van der Waals surface area contributed by atoms with E-state index in [2.05, 4.69) is 48.6 Å². The van der Waals surface area contributed by atoms with Crippen LogP contribution in [-0.4, -0.2) is 0 Å². The molecule has 1 fully saturated rings. The average Bonchev–Trinajstić information content (AvgIpc) is 3.11. The van der Waals surface area contributed by atoms with Gasteiger partial charge in [0, 0.05) is 0 Å². The normalized spacial score (nSPS) is 32.5. The minimum absolute atomic E-state index is 1.11. The fraction of sp³-hybridized carbons (Fsp3) is 0.200. The molecule has 0 aromatic rings. The lowest BCUT2D eigenvalue weighted by molar-refractivity contribution is 1.24. The van der Waals surface area contributed by atoms with Crippen LogP contribution in [0.3, 0.4) is 0 Å². The summed E-state index contributed by atoms with van der Waals surface area (Å²) in [7, 11) is 0. The van der Waals surface area contributed by atoms with Crippen molar-refractivity contribution in [1.82, 2.24) is 0 Å². The minimum atomic E-state index is 1.11. The highest BCUT2D eigenvalue weighted by Crippen LogP contribution is 2.45. The summed E-state index contributed by atoms with van der Waals surface area (Å²) in [6.45, 7) is 0. The van der Waals surface area contributed by atoms with E-state index in [9.17, 15) is 0 Å². The van der Waals surface area contributed by atoms with Crippen LogP contribution in [0.5, 0.6) is 0 Å². The molecular weight excluding hydrogens is 180 g/mol. The molecule has 0 unspecified atom stereocenters. The SMILES string of the molecule is C1=CCC(=C2CC2=C2C=CC=CC2)C=C1. The third kappa shape index (κ3) is 1.68. The molecule has 0 radical (unpaired) electrons. The first-order chi connectivity index (χ1) is 7.45. The number of allylic oxidation sites excluding steroid dienone is 12. The molecule has 0 bridgehead atoms. The summed E-state index contributed by atoms with van der Waals surface area (Å²) in [6.07, 6.45) is 21.0. The first kappa shape index (κ1) is 8.72. The van der Waals surface area contributed by atoms with Gasteiger partial charge in [0.1, 0.15) is 0 Å². The summed E-state index contributed by atoms with van der Waals surface area (Å²) in [6, 6.07) is 0. The Balaban J connectivity index is 1.90. The van der Waals surface area contributed by atoms with Crippen molar-refractivity contribution in [3.8, 4) is 0 Å². The lowest BCUT2D eigenvalue weighted by Crippen LogP contribution is -1.82. The van der Waals surface area contributed by atoms with E-state index in [0.717, 1.165) is 12.8 Å². The van der Waals surface area contributed by atoms with E-state index >= 15 is 0 Å². The van der Waals surface area contributed by atoms with Crippen LogP contribution in [0, 0.1) is 0 Å². The monoisotopic (exact) mass is 194 g/mol. The van der Waals surface area contributed by atoms with E-state index in [0.29, 0.717) is 0 Å². The van der Waals surface area contributed by atoms with Gasteiger partial charge in [-0.15, -0.1) is 0 Å². The van der Waals surface area contributed by atoms with Crippen molar-refractivity contribution in [3.63, 3.8) is 0 Å². The smallest absolute Gasteiger partial charge is 0.00142 e. The summed E-state index contributed by atoms with van der Waals surface area (Å²) >= 11 is 0. The van der Waals surface area contributed by atoms with Crippen LogP contribution in [-0.2, 0) is 0 Å². The molecular formula is C15H14. The first-order valence-electron chi connectivity index (χ1n) is 5.56. The maximum Gasteiger partial charge on any atom is -0.00142 e. The van der Waals surface area contributed by atoms with Gasteiger partial charge in [-0.05, 0) is 41.6 Å². The van der Waals surface area contributed by atoms with Crippen LogP contribution in [0.1, 0.15) is 19.3 Å². The Bertz CT molecular complexity index is 418. The van der Waals surface area contributed by atoms with Crippen molar-refractivity contribution in [2.75, 3.05) is 0 Å². The number of rotatable bonds is 0. The van der Waals surface area contributed by atoms with Crippen LogP contribution in [0.2, 0.25) is 0 Å². The molecule has 15 heavy (non-hydrogen) atoms. The zero-order chi connectivity index (χ0) is 10.1. The van der Waals surface area contributed by atoms with Crippen molar-refractivity contribution in [2.45, 2.75) is 19.3 Å². The van der Waals surface area contributed by atoms with Crippen molar-refractivity contribution in [3.05, 3.63) is 70.9 Å². The molecule has 0 N–H and O–H groups in total. The molecule has 3 aliphatic carbocycles. The lowest BCUT2D eigenvalue weighted by atomic mass is 10.0. The maximum atomic E-state index is 2.26. The second kappa shape index (κ2) is 3.54. The molecule has 0 aliphatic heterocycles. The third-order valence-corrected chi connectivity index (χ3v) is 3.13. The Hall–Kier alpha value is -1.56. The molecule has 0 heteroatoms. The molecule has 1 saturated carbocycles. The molecule has 0 atom stereocenters. The fourth-order valence-corrected chi connectivity index (χ4v) is 2.22. The molecule has 0 amide bonds. The Kier molecular flexibility index (Phi) is 2.06. The van der Waals surface area contributed by atoms with Gasteiger partial charge in [-0.1, -0.05) is 48.6 Å². The standard InChI is InChI=1S/C15H14/c1-3-7-12(8-4-1)14-11-15(14)13-9-5-2-6-10-13/h1-7,9H,8,10-11H2. The van der Waals surface area contributed by atoms with Crippen molar-refractivity contribution < 1.29 is 0 Å². The van der Waals surface area contributed by atoms with Crippen molar-refractivity contribution in [2.24, 2.45) is 0 Å². The van der Waals surface area contributed by atoms with Crippen molar-refractivity contribution in [1.29, 1.82) is 0 Å². The van der Waals surface area contributed by atoms with Gasteiger partial charge in [-0.3, -0.25) is 0 Å². The fourth-order valence-electron chi connectivity index (χ4n) is 2.22. The Morgan fingerprint density at radius 3 is 1.60 bits per heavy atom. The van der Waals surface area contributed by atoms with Gasteiger partial charge in [0.2, 0.25) is 0 Å². The molecule has 74 valence electrons. The van der Waals surface area contributed by atoms with Crippen LogP contribution in [0.4, 0.5) is 0 Å². The molecule has 3 aliphatic rings. The van der Waals surface area contributed by atoms with Gasteiger partial charge < -0.3 is 0 Å². The predicted molar refractivity (Wildman–Crippen MR) is 64.5 cm³/mol. The van der Waals surface area contributed by atoms with Gasteiger partial charge >= 0.3 is 0 Å². The highest BCUT2D eigenvalue weighted by molar-refractivity contribution is 5.62. The highest BCUT2D eigenvalue weighted by atomic mass is 14.3. The average molecular weight is 194 g/mol. The van der Waals surface area contributed by atoms with E-state index in [1.54, 1.807) is 11.1 Å². The molecule has 0 nitrogen and oxygen atoms in total. The summed E-state index contributed by atoms with van der Waals surface area (Å²) < 4.78 is 0. The maximum absolute atomic E-state index is 2.26. The molecule has 0 heterocycles. The van der Waals surface area contributed by atoms with Crippen LogP contribution in [0.15, 0.2) is 70.9 Å². The number of hydrogen-bond donors (Lipinski definition) is 0. The van der Waals surface area contributed by atoms with Crippen molar-refractivity contribution >= 4 is 0 Å². The van der Waals surface area contributed by atoms with E-state index in [4.69, 9.17) is 0 Å². The van der Waals surface area contributed by atoms with E-state index in [1.807, 2.05) is 0 Å². The van der Waals surface area contributed by atoms with E-state index < -0.39 is 0 Å². The summed E-state index contributed by atoms with van der Waals surface area (Å²) in [4.78, 5) is 0. The third-order valence-electron chi connectivity index (χ3n) is 3.13. The first-order valence-corrected chi connectivity index (χ1v) is 5.56. The minimum Gasteiger partial charge on any atom is -0.0801 e. The molecule has 0 spiro atoms. The highest BCUT2D eigenvalue weighted by Gasteiger charge is 2.26.